The highest BCUT2D eigenvalue weighted by atomic mass is 16.5. The minimum absolute atomic E-state index is 0.0321. The number of esters is 1. The Kier molecular flexibility index (Phi) is 24.2. The normalized spacial score (nSPS) is 16.9. The maximum absolute atomic E-state index is 11.6. The molecular formula is C35H66O4. The van der Waals surface area contributed by atoms with Crippen molar-refractivity contribution in [1.82, 2.24) is 0 Å². The van der Waals surface area contributed by atoms with Crippen LogP contribution in [0, 0.1) is 0 Å². The van der Waals surface area contributed by atoms with E-state index in [2.05, 4.69) is 6.92 Å². The number of hydrogen-bond donors (Lipinski definition) is 2. The Morgan fingerprint density at radius 2 is 0.923 bits per heavy atom. The average Bonchev–Trinajstić information content (AvgIpc) is 3.25. The number of cyclic esters (lactones) is 1. The van der Waals surface area contributed by atoms with Gasteiger partial charge in [-0.05, 0) is 38.7 Å². The molecule has 0 radical (unpaired) electrons. The van der Waals surface area contributed by atoms with Crippen molar-refractivity contribution in [1.29, 1.82) is 0 Å². The number of aliphatic hydroxyl groups is 2. The molecule has 39 heavy (non-hydrogen) atoms. The van der Waals surface area contributed by atoms with E-state index in [9.17, 15) is 15.0 Å². The minimum Gasteiger partial charge on any atom is -0.455 e. The molecule has 230 valence electrons. The summed E-state index contributed by atoms with van der Waals surface area (Å²) < 4.78 is 5.15. The molecule has 0 aromatic carbocycles. The Morgan fingerprint density at radius 3 is 1.26 bits per heavy atom. The summed E-state index contributed by atoms with van der Waals surface area (Å²) in [6.07, 6.45) is 34.1. The number of unbranched alkanes of at least 4 members (excludes halogenated alkanes) is 22. The van der Waals surface area contributed by atoms with Gasteiger partial charge in [-0.25, -0.2) is 4.79 Å². The lowest BCUT2D eigenvalue weighted by molar-refractivity contribution is -0.139. The summed E-state index contributed by atoms with van der Waals surface area (Å²) in [5.41, 5.74) is 0.883. The molecule has 0 amide bonds. The molecule has 1 rings (SSSR count). The summed E-state index contributed by atoms with van der Waals surface area (Å²) in [4.78, 5) is 11.6. The van der Waals surface area contributed by atoms with E-state index < -0.39 is 12.2 Å². The zero-order valence-corrected chi connectivity index (χ0v) is 26.1. The summed E-state index contributed by atoms with van der Waals surface area (Å²) in [5.74, 6) is -0.105. The second kappa shape index (κ2) is 26.1. The topological polar surface area (TPSA) is 66.8 Å². The Balaban J connectivity index is 1.76. The van der Waals surface area contributed by atoms with Crippen molar-refractivity contribution in [2.75, 3.05) is 0 Å². The Labute approximate surface area is 242 Å². The molecule has 0 saturated carbocycles. The third-order valence-electron chi connectivity index (χ3n) is 8.48. The first-order valence-corrected chi connectivity index (χ1v) is 17.3. The SMILES string of the molecule is CCCCCCCCCCCC[C@@H](O)[C@H](O)CCCCCCCCCCCCCCCCC1=C[C@@H](C)OC1=O. The van der Waals surface area contributed by atoms with Crippen molar-refractivity contribution >= 4 is 5.97 Å². The molecule has 1 aliphatic heterocycles. The van der Waals surface area contributed by atoms with Crippen LogP contribution in [0.15, 0.2) is 11.6 Å². The highest BCUT2D eigenvalue weighted by Gasteiger charge is 2.21. The number of aliphatic hydroxyl groups excluding tert-OH is 2. The molecular weight excluding hydrogens is 484 g/mol. The monoisotopic (exact) mass is 550 g/mol. The lowest BCUT2D eigenvalue weighted by Gasteiger charge is -2.17. The van der Waals surface area contributed by atoms with Gasteiger partial charge in [0.15, 0.2) is 0 Å². The Hall–Kier alpha value is -0.870. The fourth-order valence-electron chi connectivity index (χ4n) is 5.83. The fourth-order valence-corrected chi connectivity index (χ4v) is 5.83. The molecule has 4 heteroatoms. The van der Waals surface area contributed by atoms with E-state index in [1.807, 2.05) is 13.0 Å². The van der Waals surface area contributed by atoms with E-state index in [0.29, 0.717) is 0 Å². The van der Waals surface area contributed by atoms with Crippen molar-refractivity contribution in [3.63, 3.8) is 0 Å². The number of ether oxygens (including phenoxy) is 1. The molecule has 2 N–H and O–H groups in total. The average molecular weight is 551 g/mol. The van der Waals surface area contributed by atoms with E-state index in [-0.39, 0.29) is 12.1 Å². The third kappa shape index (κ3) is 21.5. The number of hydrogen-bond acceptors (Lipinski definition) is 4. The van der Waals surface area contributed by atoms with Crippen molar-refractivity contribution < 1.29 is 19.7 Å². The molecule has 3 atom stereocenters. The summed E-state index contributed by atoms with van der Waals surface area (Å²) >= 11 is 0. The largest absolute Gasteiger partial charge is 0.455 e. The van der Waals surface area contributed by atoms with E-state index in [4.69, 9.17) is 4.74 Å². The van der Waals surface area contributed by atoms with Crippen LogP contribution in [0.25, 0.3) is 0 Å². The first kappa shape index (κ1) is 36.2. The first-order valence-electron chi connectivity index (χ1n) is 17.3. The van der Waals surface area contributed by atoms with Gasteiger partial charge in [0.2, 0.25) is 0 Å². The van der Waals surface area contributed by atoms with E-state index in [0.717, 1.165) is 44.1 Å². The van der Waals surface area contributed by atoms with Crippen LogP contribution in [0.5, 0.6) is 0 Å². The number of carbonyl (C=O) groups excluding carboxylic acids is 1. The van der Waals surface area contributed by atoms with Gasteiger partial charge in [-0.2, -0.15) is 0 Å². The van der Waals surface area contributed by atoms with E-state index in [1.165, 1.54) is 135 Å². The highest BCUT2D eigenvalue weighted by Crippen LogP contribution is 2.20. The van der Waals surface area contributed by atoms with Crippen LogP contribution in [0.3, 0.4) is 0 Å². The molecule has 1 heterocycles. The first-order chi connectivity index (χ1) is 19.0. The van der Waals surface area contributed by atoms with Gasteiger partial charge in [0.25, 0.3) is 0 Å². The second-order valence-corrected chi connectivity index (χ2v) is 12.4. The van der Waals surface area contributed by atoms with Gasteiger partial charge < -0.3 is 14.9 Å². The molecule has 1 aliphatic rings. The fraction of sp³-hybridized carbons (Fsp3) is 0.914. The standard InChI is InChI=1S/C35H66O4/c1-3-4-5-6-7-8-16-19-22-25-28-33(36)34(37)29-26-23-20-17-14-12-10-9-11-13-15-18-21-24-27-32-30-31(2)39-35(32)38/h30-31,33-34,36-37H,3-29H2,1-2H3/t31-,33-,34-/m1/s1. The summed E-state index contributed by atoms with van der Waals surface area (Å²) in [6, 6.07) is 0. The summed E-state index contributed by atoms with van der Waals surface area (Å²) in [6.45, 7) is 4.19. The van der Waals surface area contributed by atoms with Crippen molar-refractivity contribution in [3.8, 4) is 0 Å². The second-order valence-electron chi connectivity index (χ2n) is 12.4. The number of rotatable bonds is 29. The lowest BCUT2D eigenvalue weighted by Crippen LogP contribution is -2.25. The summed E-state index contributed by atoms with van der Waals surface area (Å²) in [7, 11) is 0. The van der Waals surface area contributed by atoms with Crippen LogP contribution >= 0.6 is 0 Å². The quantitative estimate of drug-likeness (QED) is 0.0718. The molecule has 0 spiro atoms. The van der Waals surface area contributed by atoms with Gasteiger partial charge in [0.1, 0.15) is 6.10 Å². The lowest BCUT2D eigenvalue weighted by atomic mass is 9.99. The van der Waals surface area contributed by atoms with E-state index in [1.54, 1.807) is 0 Å². The maximum Gasteiger partial charge on any atom is 0.334 e. The van der Waals surface area contributed by atoms with Gasteiger partial charge in [0, 0.05) is 5.57 Å². The van der Waals surface area contributed by atoms with Crippen LogP contribution in [0.4, 0.5) is 0 Å². The molecule has 0 fully saturated rings. The summed E-state index contributed by atoms with van der Waals surface area (Å²) in [5, 5.41) is 20.5. The molecule has 0 unspecified atom stereocenters. The predicted octanol–water partition coefficient (Wildman–Crippen LogP) is 10.1. The van der Waals surface area contributed by atoms with Gasteiger partial charge in [-0.1, -0.05) is 155 Å². The third-order valence-corrected chi connectivity index (χ3v) is 8.48. The highest BCUT2D eigenvalue weighted by molar-refractivity contribution is 5.90. The zero-order chi connectivity index (χ0) is 28.4. The number of carbonyl (C=O) groups is 1. The molecule has 0 saturated heterocycles. The Bertz CT molecular complexity index is 587. The van der Waals surface area contributed by atoms with Crippen LogP contribution in [0.2, 0.25) is 0 Å². The van der Waals surface area contributed by atoms with Crippen LogP contribution in [0.1, 0.15) is 187 Å². The Morgan fingerprint density at radius 1 is 0.590 bits per heavy atom. The molecule has 0 aromatic heterocycles. The van der Waals surface area contributed by atoms with Crippen LogP contribution in [-0.4, -0.2) is 34.5 Å². The van der Waals surface area contributed by atoms with Gasteiger partial charge in [-0.15, -0.1) is 0 Å². The van der Waals surface area contributed by atoms with Gasteiger partial charge >= 0.3 is 5.97 Å². The van der Waals surface area contributed by atoms with E-state index >= 15 is 0 Å². The van der Waals surface area contributed by atoms with Crippen LogP contribution in [-0.2, 0) is 9.53 Å². The van der Waals surface area contributed by atoms with Gasteiger partial charge in [-0.3, -0.25) is 0 Å². The van der Waals surface area contributed by atoms with Crippen molar-refractivity contribution in [2.45, 2.75) is 206 Å². The van der Waals surface area contributed by atoms with Crippen LogP contribution < -0.4 is 0 Å². The predicted molar refractivity (Wildman–Crippen MR) is 166 cm³/mol. The minimum atomic E-state index is -0.532. The smallest absolute Gasteiger partial charge is 0.334 e. The zero-order valence-electron chi connectivity index (χ0n) is 26.1. The van der Waals surface area contributed by atoms with Crippen molar-refractivity contribution in [2.24, 2.45) is 0 Å². The van der Waals surface area contributed by atoms with Gasteiger partial charge in [0.05, 0.1) is 12.2 Å². The molecule has 0 bridgehead atoms. The molecule has 0 aromatic rings. The molecule has 4 nitrogen and oxygen atoms in total. The maximum atomic E-state index is 11.6. The van der Waals surface area contributed by atoms with Crippen molar-refractivity contribution in [3.05, 3.63) is 11.6 Å². The molecule has 0 aliphatic carbocycles.